The lowest BCUT2D eigenvalue weighted by molar-refractivity contribution is 0.355. The van der Waals surface area contributed by atoms with Crippen molar-refractivity contribution in [1.82, 2.24) is 0 Å². The first-order valence-electron chi connectivity index (χ1n) is 7.26. The maximum Gasteiger partial charge on any atom is 0.193 e. The van der Waals surface area contributed by atoms with Gasteiger partial charge in [-0.25, -0.2) is 0 Å². The van der Waals surface area contributed by atoms with Gasteiger partial charge in [0.05, 0.1) is 14.2 Å². The van der Waals surface area contributed by atoms with Crippen molar-refractivity contribution in [3.8, 4) is 11.5 Å². The third kappa shape index (κ3) is 6.56. The number of nitrogens with one attached hydrogen (secondary N) is 1. The van der Waals surface area contributed by atoms with E-state index in [2.05, 4.69) is 26.2 Å². The number of benzene rings is 2. The first-order chi connectivity index (χ1) is 11.5. The van der Waals surface area contributed by atoms with Crippen molar-refractivity contribution < 1.29 is 9.47 Å². The molecule has 0 saturated heterocycles. The number of guanidine groups is 1. The Labute approximate surface area is 178 Å². The fraction of sp³-hybridized carbons (Fsp3) is 0.235. The molecule has 136 valence electrons. The molecule has 0 aliphatic rings. The number of nitrogens with zero attached hydrogens (tertiary/aromatic N) is 1. The Balaban J connectivity index is 0.00000312. The van der Waals surface area contributed by atoms with Gasteiger partial charge < -0.3 is 20.5 Å². The third-order valence-corrected chi connectivity index (χ3v) is 4.34. The lowest BCUT2D eigenvalue weighted by atomic mass is 10.1. The number of ether oxygens (including phenoxy) is 2. The average molecular weight is 541 g/mol. The van der Waals surface area contributed by atoms with Crippen molar-refractivity contribution in [3.05, 3.63) is 51.5 Å². The second kappa shape index (κ2) is 10.7. The van der Waals surface area contributed by atoms with Crippen LogP contribution in [-0.2, 0) is 6.42 Å². The van der Waals surface area contributed by atoms with E-state index in [9.17, 15) is 0 Å². The number of methoxy groups -OCH3 is 2. The van der Waals surface area contributed by atoms with Gasteiger partial charge in [0, 0.05) is 27.8 Å². The Hall–Kier alpha value is -1.19. The van der Waals surface area contributed by atoms with Crippen LogP contribution in [0.2, 0.25) is 5.02 Å². The molecule has 0 fully saturated rings. The fourth-order valence-electron chi connectivity index (χ4n) is 2.13. The van der Waals surface area contributed by atoms with Crippen LogP contribution in [-0.4, -0.2) is 26.7 Å². The summed E-state index contributed by atoms with van der Waals surface area (Å²) in [5.41, 5.74) is 7.79. The summed E-state index contributed by atoms with van der Waals surface area (Å²) in [7, 11) is 3.18. The molecule has 0 amide bonds. The van der Waals surface area contributed by atoms with E-state index in [1.165, 1.54) is 0 Å². The van der Waals surface area contributed by atoms with Gasteiger partial charge in [-0.1, -0.05) is 27.5 Å². The lowest BCUT2D eigenvalue weighted by Gasteiger charge is -2.11. The van der Waals surface area contributed by atoms with E-state index in [1.54, 1.807) is 26.4 Å². The van der Waals surface area contributed by atoms with E-state index in [0.29, 0.717) is 29.0 Å². The van der Waals surface area contributed by atoms with E-state index < -0.39 is 0 Å². The van der Waals surface area contributed by atoms with Crippen molar-refractivity contribution in [2.45, 2.75) is 6.42 Å². The largest absolute Gasteiger partial charge is 0.493 e. The highest BCUT2D eigenvalue weighted by molar-refractivity contribution is 14.0. The number of rotatable bonds is 6. The molecule has 8 heteroatoms. The molecule has 0 atom stereocenters. The van der Waals surface area contributed by atoms with Crippen LogP contribution in [0.15, 0.2) is 45.9 Å². The number of nitrogens with two attached hydrogens (primary N) is 1. The van der Waals surface area contributed by atoms with Crippen molar-refractivity contribution in [2.24, 2.45) is 10.7 Å². The fourth-order valence-corrected chi connectivity index (χ4v) is 2.77. The quantitative estimate of drug-likeness (QED) is 0.317. The van der Waals surface area contributed by atoms with E-state index in [0.717, 1.165) is 22.1 Å². The molecule has 0 heterocycles. The number of hydrogen-bond donors (Lipinski definition) is 2. The van der Waals surface area contributed by atoms with Crippen LogP contribution in [0.3, 0.4) is 0 Å². The molecule has 2 rings (SSSR count). The summed E-state index contributed by atoms with van der Waals surface area (Å²) in [6.07, 6.45) is 0.732. The van der Waals surface area contributed by atoms with Gasteiger partial charge in [-0.2, -0.15) is 0 Å². The lowest BCUT2D eigenvalue weighted by Crippen LogP contribution is -2.23. The summed E-state index contributed by atoms with van der Waals surface area (Å²) < 4.78 is 11.5. The first kappa shape index (κ1) is 21.9. The summed E-state index contributed by atoms with van der Waals surface area (Å²) in [5.74, 6) is 1.61. The van der Waals surface area contributed by atoms with Crippen molar-refractivity contribution in [1.29, 1.82) is 0 Å². The molecular weight excluding hydrogens is 520 g/mol. The van der Waals surface area contributed by atoms with Crippen molar-refractivity contribution in [2.75, 3.05) is 26.1 Å². The predicted octanol–water partition coefficient (Wildman–Crippen LogP) is 4.71. The van der Waals surface area contributed by atoms with Gasteiger partial charge in [0.2, 0.25) is 0 Å². The summed E-state index contributed by atoms with van der Waals surface area (Å²) in [4.78, 5) is 4.33. The molecule has 0 aliphatic carbocycles. The smallest absolute Gasteiger partial charge is 0.193 e. The molecular formula is C17H20BrClIN3O2. The van der Waals surface area contributed by atoms with Crippen LogP contribution < -0.4 is 20.5 Å². The number of hydrogen-bond acceptors (Lipinski definition) is 3. The van der Waals surface area contributed by atoms with Gasteiger partial charge in [0.15, 0.2) is 17.5 Å². The Morgan fingerprint density at radius 1 is 1.16 bits per heavy atom. The summed E-state index contributed by atoms with van der Waals surface area (Å²) >= 11 is 9.50. The minimum atomic E-state index is 0. The monoisotopic (exact) mass is 539 g/mol. The minimum Gasteiger partial charge on any atom is -0.493 e. The average Bonchev–Trinajstić information content (AvgIpc) is 2.57. The molecule has 2 aromatic carbocycles. The maximum absolute atomic E-state index is 6.00. The van der Waals surface area contributed by atoms with E-state index in [1.807, 2.05) is 24.3 Å². The minimum absolute atomic E-state index is 0. The van der Waals surface area contributed by atoms with Crippen LogP contribution >= 0.6 is 51.5 Å². The zero-order valence-corrected chi connectivity index (χ0v) is 18.6. The van der Waals surface area contributed by atoms with Gasteiger partial charge in [-0.15, -0.1) is 24.0 Å². The Morgan fingerprint density at radius 2 is 1.88 bits per heavy atom. The molecule has 0 bridgehead atoms. The second-order valence-corrected chi connectivity index (χ2v) is 6.24. The first-order valence-corrected chi connectivity index (χ1v) is 8.43. The normalized spacial score (nSPS) is 10.8. The predicted molar refractivity (Wildman–Crippen MR) is 118 cm³/mol. The van der Waals surface area contributed by atoms with Gasteiger partial charge in [0.1, 0.15) is 0 Å². The summed E-state index contributed by atoms with van der Waals surface area (Å²) in [6.45, 7) is 0.547. The summed E-state index contributed by atoms with van der Waals surface area (Å²) in [5, 5.41) is 3.74. The molecule has 0 spiro atoms. The molecule has 0 radical (unpaired) electrons. The summed E-state index contributed by atoms with van der Waals surface area (Å²) in [6, 6.07) is 11.1. The molecule has 0 unspecified atom stereocenters. The zero-order valence-electron chi connectivity index (χ0n) is 13.9. The molecule has 2 aromatic rings. The highest BCUT2D eigenvalue weighted by atomic mass is 127. The van der Waals surface area contributed by atoms with E-state index in [-0.39, 0.29) is 24.0 Å². The van der Waals surface area contributed by atoms with Crippen LogP contribution in [0, 0.1) is 0 Å². The van der Waals surface area contributed by atoms with Crippen LogP contribution in [0.5, 0.6) is 11.5 Å². The highest BCUT2D eigenvalue weighted by Crippen LogP contribution is 2.29. The van der Waals surface area contributed by atoms with Crippen LogP contribution in [0.25, 0.3) is 0 Å². The molecule has 0 saturated carbocycles. The van der Waals surface area contributed by atoms with Crippen LogP contribution in [0.1, 0.15) is 5.56 Å². The van der Waals surface area contributed by atoms with Gasteiger partial charge >= 0.3 is 0 Å². The highest BCUT2D eigenvalue weighted by Gasteiger charge is 2.05. The second-order valence-electron chi connectivity index (χ2n) is 4.95. The number of halogens is 3. The van der Waals surface area contributed by atoms with E-state index >= 15 is 0 Å². The number of aliphatic imine (C=N–C) groups is 1. The standard InChI is InChI=1S/C17H19BrClN3O2.HI/c1-23-15-6-4-13(10-16(15)24-2)22-17(20)21-8-7-11-9-12(19)3-5-14(11)18;/h3-6,9-10H,7-8H2,1-2H3,(H3,20,21,22);1H. The van der Waals surface area contributed by atoms with Gasteiger partial charge in [-0.05, 0) is 42.3 Å². The Kier molecular flexibility index (Phi) is 9.37. The van der Waals surface area contributed by atoms with Crippen molar-refractivity contribution >= 4 is 63.2 Å². The Morgan fingerprint density at radius 3 is 2.56 bits per heavy atom. The SMILES string of the molecule is COc1ccc(NC(N)=NCCc2cc(Cl)ccc2Br)cc1OC.I. The van der Waals surface area contributed by atoms with Crippen molar-refractivity contribution in [3.63, 3.8) is 0 Å². The molecule has 25 heavy (non-hydrogen) atoms. The number of anilines is 1. The molecule has 0 aliphatic heterocycles. The topological polar surface area (TPSA) is 68.9 Å². The third-order valence-electron chi connectivity index (χ3n) is 3.33. The van der Waals surface area contributed by atoms with Gasteiger partial charge in [-0.3, -0.25) is 4.99 Å². The zero-order chi connectivity index (χ0) is 17.5. The Bertz CT molecular complexity index is 744. The van der Waals surface area contributed by atoms with E-state index in [4.69, 9.17) is 26.8 Å². The maximum atomic E-state index is 6.00. The molecule has 3 N–H and O–H groups in total. The van der Waals surface area contributed by atoms with Crippen LogP contribution in [0.4, 0.5) is 5.69 Å². The molecule has 5 nitrogen and oxygen atoms in total. The van der Waals surface area contributed by atoms with Gasteiger partial charge in [0.25, 0.3) is 0 Å². The molecule has 0 aromatic heterocycles.